The van der Waals surface area contributed by atoms with Crippen LogP contribution in [0.4, 0.5) is 0 Å². The lowest BCUT2D eigenvalue weighted by Crippen LogP contribution is -2.50. The third-order valence-corrected chi connectivity index (χ3v) is 7.23. The number of carbonyl (C=O) groups is 4. The van der Waals surface area contributed by atoms with E-state index >= 15 is 0 Å². The largest absolute Gasteiger partial charge is 0.496 e. The Morgan fingerprint density at radius 3 is 2.60 bits per heavy atom. The Kier molecular flexibility index (Phi) is 7.34. The monoisotopic (exact) mass is 548 g/mol. The van der Waals surface area contributed by atoms with Crippen LogP contribution in [-0.2, 0) is 14.4 Å². The van der Waals surface area contributed by atoms with E-state index in [9.17, 15) is 24.3 Å². The number of nitrogens with two attached hydrogens (primary N) is 1. The number of carboxylic acids is 1. The first-order valence-electron chi connectivity index (χ1n) is 11.7. The standard InChI is InChI=1S/C24H29BrN4O6/c1-35-20-10-14(25)9-17-15(20)11-19(24(33)34)29(17)18(7-12-4-5-12)23(32)28-16(21(26)30)8-13-3-2-6-27-22(13)31/h9-13,16,18H,2-8H2,1H3,(H2,26,30)(H,27,31)(H,28,32)(H,33,34)/t13-,16?,18?/m0/s1. The minimum Gasteiger partial charge on any atom is -0.496 e. The van der Waals surface area contributed by atoms with E-state index in [4.69, 9.17) is 10.5 Å². The first kappa shape index (κ1) is 25.0. The number of amides is 3. The van der Waals surface area contributed by atoms with Crippen LogP contribution in [0.1, 0.15) is 55.1 Å². The zero-order valence-electron chi connectivity index (χ0n) is 19.4. The van der Waals surface area contributed by atoms with Crippen LogP contribution in [0.25, 0.3) is 10.9 Å². The number of nitrogens with one attached hydrogen (secondary N) is 2. The number of hydrogen-bond donors (Lipinski definition) is 4. The number of primary amides is 1. The predicted molar refractivity (Wildman–Crippen MR) is 131 cm³/mol. The molecule has 11 heteroatoms. The van der Waals surface area contributed by atoms with Gasteiger partial charge in [0.25, 0.3) is 0 Å². The van der Waals surface area contributed by atoms with Gasteiger partial charge < -0.3 is 30.8 Å². The molecule has 0 spiro atoms. The lowest BCUT2D eigenvalue weighted by Gasteiger charge is -2.27. The van der Waals surface area contributed by atoms with E-state index in [1.54, 1.807) is 12.1 Å². The quantitative estimate of drug-likeness (QED) is 0.357. The van der Waals surface area contributed by atoms with Crippen molar-refractivity contribution in [3.8, 4) is 5.75 Å². The van der Waals surface area contributed by atoms with E-state index in [1.807, 2.05) is 0 Å². The average Bonchev–Trinajstić information content (AvgIpc) is 3.55. The Balaban J connectivity index is 1.71. The molecule has 4 rings (SSSR count). The fraction of sp³-hybridized carbons (Fsp3) is 0.500. The molecule has 35 heavy (non-hydrogen) atoms. The van der Waals surface area contributed by atoms with Crippen LogP contribution in [0.15, 0.2) is 22.7 Å². The van der Waals surface area contributed by atoms with Gasteiger partial charge in [0.1, 0.15) is 23.5 Å². The summed E-state index contributed by atoms with van der Waals surface area (Å²) in [5.74, 6) is -2.26. The number of piperidine rings is 1. The summed E-state index contributed by atoms with van der Waals surface area (Å²) in [5, 5.41) is 16.0. The highest BCUT2D eigenvalue weighted by atomic mass is 79.9. The number of benzene rings is 1. The molecule has 2 heterocycles. The average molecular weight is 549 g/mol. The van der Waals surface area contributed by atoms with Crippen molar-refractivity contribution in [2.45, 2.75) is 50.6 Å². The van der Waals surface area contributed by atoms with Crippen LogP contribution in [0.3, 0.4) is 0 Å². The van der Waals surface area contributed by atoms with Crippen LogP contribution in [-0.4, -0.2) is 53.1 Å². The first-order valence-corrected chi connectivity index (χ1v) is 12.5. The topological polar surface area (TPSA) is 153 Å². The van der Waals surface area contributed by atoms with E-state index in [0.29, 0.717) is 40.5 Å². The van der Waals surface area contributed by atoms with E-state index in [2.05, 4.69) is 26.6 Å². The van der Waals surface area contributed by atoms with Crippen LogP contribution < -0.4 is 21.1 Å². The zero-order chi connectivity index (χ0) is 25.3. The summed E-state index contributed by atoms with van der Waals surface area (Å²) in [6.07, 6.45) is 3.80. The maximum absolute atomic E-state index is 13.6. The molecule has 1 aliphatic carbocycles. The Morgan fingerprint density at radius 1 is 1.26 bits per heavy atom. The van der Waals surface area contributed by atoms with Crippen molar-refractivity contribution in [1.29, 1.82) is 0 Å². The van der Waals surface area contributed by atoms with Gasteiger partial charge in [-0.1, -0.05) is 28.8 Å². The summed E-state index contributed by atoms with van der Waals surface area (Å²) in [5.41, 5.74) is 6.07. The molecule has 1 aromatic carbocycles. The van der Waals surface area contributed by atoms with Gasteiger partial charge in [0.2, 0.25) is 17.7 Å². The van der Waals surface area contributed by atoms with E-state index < -0.39 is 35.8 Å². The summed E-state index contributed by atoms with van der Waals surface area (Å²) in [6, 6.07) is 3.04. The number of rotatable bonds is 10. The number of halogens is 1. The molecule has 0 bridgehead atoms. The number of ether oxygens (including phenoxy) is 1. The fourth-order valence-corrected chi connectivity index (χ4v) is 5.21. The number of hydrogen-bond acceptors (Lipinski definition) is 5. The summed E-state index contributed by atoms with van der Waals surface area (Å²) >= 11 is 3.43. The SMILES string of the molecule is COc1cc(Br)cc2c1cc(C(=O)O)n2C(CC1CC1)C(=O)NC(C[C@@H]1CCCNC1=O)C(N)=O. The van der Waals surface area contributed by atoms with Crippen molar-refractivity contribution in [2.75, 3.05) is 13.7 Å². The van der Waals surface area contributed by atoms with E-state index in [0.717, 1.165) is 19.3 Å². The third kappa shape index (κ3) is 5.44. The molecule has 5 N–H and O–H groups in total. The highest BCUT2D eigenvalue weighted by Gasteiger charge is 2.36. The van der Waals surface area contributed by atoms with Gasteiger partial charge in [-0.05, 0) is 49.8 Å². The number of methoxy groups -OCH3 is 1. The van der Waals surface area contributed by atoms with Gasteiger partial charge in [0.05, 0.1) is 12.6 Å². The Bertz CT molecular complexity index is 1170. The molecule has 3 atom stereocenters. The number of carbonyl (C=O) groups excluding carboxylic acids is 3. The molecule has 2 unspecified atom stereocenters. The molecule has 3 amide bonds. The second kappa shape index (κ2) is 10.3. The number of aromatic nitrogens is 1. The summed E-state index contributed by atoms with van der Waals surface area (Å²) in [7, 11) is 1.49. The lowest BCUT2D eigenvalue weighted by atomic mass is 9.91. The van der Waals surface area contributed by atoms with Crippen molar-refractivity contribution < 1.29 is 29.0 Å². The molecule has 1 saturated heterocycles. The number of fused-ring (bicyclic) bond motifs is 1. The molecule has 188 valence electrons. The second-order valence-electron chi connectivity index (χ2n) is 9.27. The molecule has 2 fully saturated rings. The van der Waals surface area contributed by atoms with Crippen LogP contribution in [0.2, 0.25) is 0 Å². The normalized spacial score (nSPS) is 19.6. The minimum atomic E-state index is -1.18. The molecule has 0 radical (unpaired) electrons. The van der Waals surface area contributed by atoms with Crippen LogP contribution in [0, 0.1) is 11.8 Å². The molecule has 10 nitrogen and oxygen atoms in total. The van der Waals surface area contributed by atoms with Gasteiger partial charge in [-0.3, -0.25) is 14.4 Å². The van der Waals surface area contributed by atoms with Gasteiger partial charge in [0, 0.05) is 22.3 Å². The minimum absolute atomic E-state index is 0.0560. The molecule has 1 aromatic heterocycles. The third-order valence-electron chi connectivity index (χ3n) is 6.77. The molecular formula is C24H29BrN4O6. The number of carboxylic acid groups (broad SMARTS) is 1. The van der Waals surface area contributed by atoms with Crippen molar-refractivity contribution >= 4 is 50.5 Å². The zero-order valence-corrected chi connectivity index (χ0v) is 21.0. The Labute approximate surface area is 210 Å². The highest BCUT2D eigenvalue weighted by Crippen LogP contribution is 2.41. The maximum Gasteiger partial charge on any atom is 0.352 e. The molecule has 2 aromatic rings. The molecule has 1 aliphatic heterocycles. The van der Waals surface area contributed by atoms with Crippen molar-refractivity contribution in [3.05, 3.63) is 28.4 Å². The highest BCUT2D eigenvalue weighted by molar-refractivity contribution is 9.10. The van der Waals surface area contributed by atoms with Gasteiger partial charge in [-0.2, -0.15) is 0 Å². The van der Waals surface area contributed by atoms with Crippen molar-refractivity contribution in [3.63, 3.8) is 0 Å². The number of aromatic carboxylic acids is 1. The lowest BCUT2D eigenvalue weighted by molar-refractivity contribution is -0.132. The molecule has 2 aliphatic rings. The van der Waals surface area contributed by atoms with Gasteiger partial charge in [0.15, 0.2) is 0 Å². The van der Waals surface area contributed by atoms with Crippen molar-refractivity contribution in [1.82, 2.24) is 15.2 Å². The Morgan fingerprint density at radius 2 is 2.00 bits per heavy atom. The van der Waals surface area contributed by atoms with E-state index in [1.165, 1.54) is 17.7 Å². The maximum atomic E-state index is 13.6. The summed E-state index contributed by atoms with van der Waals surface area (Å²) in [4.78, 5) is 50.3. The van der Waals surface area contributed by atoms with Gasteiger partial charge >= 0.3 is 5.97 Å². The Hall–Kier alpha value is -3.08. The molecule has 1 saturated carbocycles. The van der Waals surface area contributed by atoms with Gasteiger partial charge in [-0.15, -0.1) is 0 Å². The first-order chi connectivity index (χ1) is 16.7. The van der Waals surface area contributed by atoms with E-state index in [-0.39, 0.29) is 23.9 Å². The summed E-state index contributed by atoms with van der Waals surface area (Å²) in [6.45, 7) is 0.587. The van der Waals surface area contributed by atoms with Gasteiger partial charge in [-0.25, -0.2) is 4.79 Å². The predicted octanol–water partition coefficient (Wildman–Crippen LogP) is 2.34. The molecular weight excluding hydrogens is 520 g/mol. The summed E-state index contributed by atoms with van der Waals surface area (Å²) < 4.78 is 7.62. The van der Waals surface area contributed by atoms with Crippen molar-refractivity contribution in [2.24, 2.45) is 17.6 Å². The smallest absolute Gasteiger partial charge is 0.352 e. The number of nitrogens with zero attached hydrogens (tertiary/aromatic N) is 1. The van der Waals surface area contributed by atoms with Crippen LogP contribution >= 0.6 is 15.9 Å². The van der Waals surface area contributed by atoms with Crippen LogP contribution in [0.5, 0.6) is 5.75 Å². The fourth-order valence-electron chi connectivity index (χ4n) is 4.79. The second-order valence-corrected chi connectivity index (χ2v) is 10.2.